The maximum absolute atomic E-state index is 12.2. The van der Waals surface area contributed by atoms with Crippen molar-refractivity contribution in [2.75, 3.05) is 0 Å². The Morgan fingerprint density at radius 3 is 2.57 bits per heavy atom. The van der Waals surface area contributed by atoms with E-state index >= 15 is 0 Å². The van der Waals surface area contributed by atoms with Crippen LogP contribution >= 0.6 is 0 Å². The molecule has 0 amide bonds. The fourth-order valence-corrected chi connectivity index (χ4v) is 2.35. The first-order valence-corrected chi connectivity index (χ1v) is 6.41. The van der Waals surface area contributed by atoms with Crippen LogP contribution in [-0.2, 0) is 6.54 Å². The standard InChI is InChI=1S/C16H12N2O3/c19-15-9-13(16(20)21)12-3-1-2-4-14(12)18(15)10-11-5-7-17-8-6-11/h1-9H,10H2,(H,20,21). The lowest BCUT2D eigenvalue weighted by molar-refractivity contribution is 0.0698. The number of carbonyl (C=O) groups is 1. The number of hydrogen-bond acceptors (Lipinski definition) is 3. The lowest BCUT2D eigenvalue weighted by Crippen LogP contribution is -2.22. The van der Waals surface area contributed by atoms with Crippen LogP contribution in [0.25, 0.3) is 10.9 Å². The molecule has 0 unspecified atom stereocenters. The molecule has 1 aromatic carbocycles. The van der Waals surface area contributed by atoms with Gasteiger partial charge in [-0.15, -0.1) is 0 Å². The molecule has 0 aliphatic carbocycles. The fourth-order valence-electron chi connectivity index (χ4n) is 2.35. The average Bonchev–Trinajstić information content (AvgIpc) is 2.50. The molecule has 0 aliphatic heterocycles. The van der Waals surface area contributed by atoms with Gasteiger partial charge in [0.1, 0.15) is 0 Å². The molecule has 0 spiro atoms. The van der Waals surface area contributed by atoms with Gasteiger partial charge in [-0.05, 0) is 23.8 Å². The zero-order chi connectivity index (χ0) is 14.8. The molecular formula is C16H12N2O3. The maximum Gasteiger partial charge on any atom is 0.336 e. The number of nitrogens with zero attached hydrogens (tertiary/aromatic N) is 2. The van der Waals surface area contributed by atoms with Crippen LogP contribution in [-0.4, -0.2) is 20.6 Å². The molecule has 3 rings (SSSR count). The summed E-state index contributed by atoms with van der Waals surface area (Å²) in [5.41, 5.74) is 1.24. The van der Waals surface area contributed by atoms with Crippen LogP contribution in [0.15, 0.2) is 59.7 Å². The Kier molecular flexibility index (Phi) is 3.23. The molecule has 0 bridgehead atoms. The topological polar surface area (TPSA) is 72.2 Å². The predicted molar refractivity (Wildman–Crippen MR) is 78.5 cm³/mol. The van der Waals surface area contributed by atoms with Crippen molar-refractivity contribution in [3.8, 4) is 0 Å². The quantitative estimate of drug-likeness (QED) is 0.797. The summed E-state index contributed by atoms with van der Waals surface area (Å²) < 4.78 is 1.57. The van der Waals surface area contributed by atoms with Crippen molar-refractivity contribution >= 4 is 16.9 Å². The molecule has 104 valence electrons. The average molecular weight is 280 g/mol. The molecule has 0 fully saturated rings. The maximum atomic E-state index is 12.2. The number of carboxylic acids is 1. The molecule has 0 radical (unpaired) electrons. The van der Waals surface area contributed by atoms with Crippen molar-refractivity contribution in [2.45, 2.75) is 6.54 Å². The van der Waals surface area contributed by atoms with E-state index in [0.717, 1.165) is 5.56 Å². The number of hydrogen-bond donors (Lipinski definition) is 1. The molecule has 5 nitrogen and oxygen atoms in total. The minimum Gasteiger partial charge on any atom is -0.478 e. The first kappa shape index (κ1) is 13.1. The Bertz CT molecular complexity index is 870. The van der Waals surface area contributed by atoms with E-state index in [4.69, 9.17) is 0 Å². The molecule has 0 saturated carbocycles. The van der Waals surface area contributed by atoms with Gasteiger partial charge in [0.15, 0.2) is 0 Å². The normalized spacial score (nSPS) is 10.7. The summed E-state index contributed by atoms with van der Waals surface area (Å²) >= 11 is 0. The van der Waals surface area contributed by atoms with Crippen molar-refractivity contribution in [1.82, 2.24) is 9.55 Å². The van der Waals surface area contributed by atoms with E-state index in [9.17, 15) is 14.7 Å². The molecule has 21 heavy (non-hydrogen) atoms. The third-order valence-electron chi connectivity index (χ3n) is 3.34. The predicted octanol–water partition coefficient (Wildman–Crippen LogP) is 2.14. The third kappa shape index (κ3) is 2.41. The third-order valence-corrected chi connectivity index (χ3v) is 3.34. The Morgan fingerprint density at radius 2 is 1.86 bits per heavy atom. The number of benzene rings is 1. The van der Waals surface area contributed by atoms with Crippen LogP contribution in [0.5, 0.6) is 0 Å². The SMILES string of the molecule is O=C(O)c1cc(=O)n(Cc2ccncc2)c2ccccc12. The first-order valence-electron chi connectivity index (χ1n) is 6.41. The van der Waals surface area contributed by atoms with E-state index in [1.54, 1.807) is 41.2 Å². The molecule has 0 aliphatic rings. The fraction of sp³-hybridized carbons (Fsp3) is 0.0625. The highest BCUT2D eigenvalue weighted by molar-refractivity contribution is 6.02. The highest BCUT2D eigenvalue weighted by Crippen LogP contribution is 2.17. The zero-order valence-corrected chi connectivity index (χ0v) is 11.1. The van der Waals surface area contributed by atoms with Crippen molar-refractivity contribution in [3.63, 3.8) is 0 Å². The minimum absolute atomic E-state index is 0.0292. The minimum atomic E-state index is -1.10. The smallest absolute Gasteiger partial charge is 0.336 e. The number of fused-ring (bicyclic) bond motifs is 1. The largest absolute Gasteiger partial charge is 0.478 e. The van der Waals surface area contributed by atoms with E-state index in [1.807, 2.05) is 12.1 Å². The highest BCUT2D eigenvalue weighted by atomic mass is 16.4. The second-order valence-corrected chi connectivity index (χ2v) is 4.66. The first-order chi connectivity index (χ1) is 10.2. The van der Waals surface area contributed by atoms with Crippen molar-refractivity contribution in [3.05, 3.63) is 76.3 Å². The monoisotopic (exact) mass is 280 g/mol. The molecule has 0 saturated heterocycles. The molecule has 0 atom stereocenters. The van der Waals surface area contributed by atoms with Crippen molar-refractivity contribution in [1.29, 1.82) is 0 Å². The molecule has 2 heterocycles. The Labute approximate surface area is 120 Å². The highest BCUT2D eigenvalue weighted by Gasteiger charge is 2.13. The number of carboxylic acid groups (broad SMARTS) is 1. The van der Waals surface area contributed by atoms with Gasteiger partial charge < -0.3 is 9.67 Å². The summed E-state index contributed by atoms with van der Waals surface area (Å²) in [4.78, 5) is 27.5. The van der Waals surface area contributed by atoms with Gasteiger partial charge in [0, 0.05) is 23.8 Å². The second-order valence-electron chi connectivity index (χ2n) is 4.66. The van der Waals surface area contributed by atoms with Gasteiger partial charge in [-0.3, -0.25) is 9.78 Å². The van der Waals surface area contributed by atoms with Crippen LogP contribution in [0.3, 0.4) is 0 Å². The van der Waals surface area contributed by atoms with Crippen LogP contribution < -0.4 is 5.56 Å². The van der Waals surface area contributed by atoms with Gasteiger partial charge in [0.25, 0.3) is 5.56 Å². The Hall–Kier alpha value is -2.95. The lowest BCUT2D eigenvalue weighted by Gasteiger charge is -2.11. The van der Waals surface area contributed by atoms with E-state index in [0.29, 0.717) is 17.4 Å². The zero-order valence-electron chi connectivity index (χ0n) is 11.1. The number of aromatic nitrogens is 2. The van der Waals surface area contributed by atoms with Crippen molar-refractivity contribution in [2.24, 2.45) is 0 Å². The van der Waals surface area contributed by atoms with Crippen LogP contribution in [0.2, 0.25) is 0 Å². The van der Waals surface area contributed by atoms with Gasteiger partial charge in [0.05, 0.1) is 17.6 Å². The lowest BCUT2D eigenvalue weighted by atomic mass is 10.1. The summed E-state index contributed by atoms with van der Waals surface area (Å²) in [5.74, 6) is -1.10. The van der Waals surface area contributed by atoms with Gasteiger partial charge in [0.2, 0.25) is 0 Å². The Morgan fingerprint density at radius 1 is 1.14 bits per heavy atom. The van der Waals surface area contributed by atoms with Gasteiger partial charge in [-0.2, -0.15) is 0 Å². The summed E-state index contributed by atoms with van der Waals surface area (Å²) in [6.45, 7) is 0.377. The number of rotatable bonds is 3. The van der Waals surface area contributed by atoms with Crippen LogP contribution in [0, 0.1) is 0 Å². The summed E-state index contributed by atoms with van der Waals surface area (Å²) in [6, 6.07) is 11.8. The van der Waals surface area contributed by atoms with Gasteiger partial charge >= 0.3 is 5.97 Å². The number of pyridine rings is 2. The second kappa shape index (κ2) is 5.20. The molecule has 5 heteroatoms. The Balaban J connectivity index is 2.24. The van der Waals surface area contributed by atoms with Gasteiger partial charge in [-0.25, -0.2) is 4.79 Å². The van der Waals surface area contributed by atoms with Gasteiger partial charge in [-0.1, -0.05) is 18.2 Å². The van der Waals surface area contributed by atoms with E-state index in [-0.39, 0.29) is 11.1 Å². The number of para-hydroxylation sites is 1. The molecule has 1 N–H and O–H groups in total. The summed E-state index contributed by atoms with van der Waals surface area (Å²) in [7, 11) is 0. The van der Waals surface area contributed by atoms with E-state index in [1.165, 1.54) is 6.07 Å². The van der Waals surface area contributed by atoms with E-state index in [2.05, 4.69) is 4.98 Å². The number of aromatic carboxylic acids is 1. The summed E-state index contributed by atoms with van der Waals surface area (Å²) in [5, 5.41) is 9.79. The summed E-state index contributed by atoms with van der Waals surface area (Å²) in [6.07, 6.45) is 3.32. The molecule has 3 aromatic rings. The van der Waals surface area contributed by atoms with E-state index < -0.39 is 5.97 Å². The molecule has 2 aromatic heterocycles. The van der Waals surface area contributed by atoms with Crippen LogP contribution in [0.4, 0.5) is 0 Å². The van der Waals surface area contributed by atoms with Crippen molar-refractivity contribution < 1.29 is 9.90 Å². The van der Waals surface area contributed by atoms with Crippen LogP contribution in [0.1, 0.15) is 15.9 Å². The molecular weight excluding hydrogens is 268 g/mol.